The van der Waals surface area contributed by atoms with Crippen molar-refractivity contribution in [2.24, 2.45) is 5.92 Å². The van der Waals surface area contributed by atoms with E-state index in [1.807, 2.05) is 0 Å². The first-order valence-electron chi connectivity index (χ1n) is 6.43. The number of imidazole rings is 1. The number of allylic oxidation sites excluding steroid dienone is 1. The van der Waals surface area contributed by atoms with Gasteiger partial charge in [-0.25, -0.2) is 9.78 Å². The van der Waals surface area contributed by atoms with Crippen molar-refractivity contribution in [1.29, 1.82) is 0 Å². The summed E-state index contributed by atoms with van der Waals surface area (Å²) in [5.74, 6) is -0.261. The Hall–Kier alpha value is -1.78. The minimum absolute atomic E-state index is 0.396. The van der Waals surface area contributed by atoms with Crippen molar-refractivity contribution in [2.75, 3.05) is 6.54 Å². The summed E-state index contributed by atoms with van der Waals surface area (Å²) in [6, 6.07) is 0. The van der Waals surface area contributed by atoms with Crippen molar-refractivity contribution in [1.82, 2.24) is 14.5 Å². The fourth-order valence-corrected chi connectivity index (χ4v) is 3.10. The first-order valence-corrected chi connectivity index (χ1v) is 6.43. The molecule has 5 nitrogen and oxygen atoms in total. The van der Waals surface area contributed by atoms with Gasteiger partial charge in [-0.1, -0.05) is 13.3 Å². The highest BCUT2D eigenvalue weighted by molar-refractivity contribution is 6.10. The number of carboxylic acids is 1. The first kappa shape index (κ1) is 11.3. The van der Waals surface area contributed by atoms with Crippen LogP contribution in [0.2, 0.25) is 0 Å². The largest absolute Gasteiger partial charge is 0.477 e. The standard InChI is InChI=1S/C13H17N3O2/c1-2-3-9-4-11-12(13(17)18)16-8-14-5-10(16)7-15(11)6-9/h5,8-9H,2-4,6-7H2,1H3,(H,17,18). The van der Waals surface area contributed by atoms with Crippen LogP contribution < -0.4 is 0 Å². The Morgan fingerprint density at radius 1 is 1.61 bits per heavy atom. The predicted molar refractivity (Wildman–Crippen MR) is 66.5 cm³/mol. The van der Waals surface area contributed by atoms with E-state index < -0.39 is 5.97 Å². The third kappa shape index (κ3) is 1.62. The van der Waals surface area contributed by atoms with E-state index in [1.165, 1.54) is 6.42 Å². The second-order valence-corrected chi connectivity index (χ2v) is 5.09. The van der Waals surface area contributed by atoms with E-state index in [-0.39, 0.29) is 0 Å². The predicted octanol–water partition coefficient (Wildman–Crippen LogP) is 1.77. The maximum atomic E-state index is 11.5. The topological polar surface area (TPSA) is 58.4 Å². The van der Waals surface area contributed by atoms with Crippen LogP contribution in [-0.2, 0) is 11.3 Å². The number of fused-ring (bicyclic) bond motifs is 2. The summed E-state index contributed by atoms with van der Waals surface area (Å²) in [6.45, 7) is 3.94. The molecule has 0 bridgehead atoms. The van der Waals surface area contributed by atoms with Crippen LogP contribution in [0.3, 0.4) is 0 Å². The van der Waals surface area contributed by atoms with E-state index in [0.29, 0.717) is 11.6 Å². The molecule has 0 saturated carbocycles. The molecule has 2 aliphatic rings. The minimum atomic E-state index is -0.855. The summed E-state index contributed by atoms with van der Waals surface area (Å²) in [5.41, 5.74) is 2.34. The summed E-state index contributed by atoms with van der Waals surface area (Å²) >= 11 is 0. The number of carboxylic acid groups (broad SMARTS) is 1. The molecule has 2 aliphatic heterocycles. The Bertz CT molecular complexity index is 518. The number of rotatable bonds is 3. The van der Waals surface area contributed by atoms with Crippen LogP contribution in [0.15, 0.2) is 18.2 Å². The van der Waals surface area contributed by atoms with Crippen LogP contribution in [0.25, 0.3) is 5.70 Å². The Balaban J connectivity index is 2.02. The van der Waals surface area contributed by atoms with Crippen LogP contribution in [0.1, 0.15) is 31.9 Å². The first-order chi connectivity index (χ1) is 8.70. The fraction of sp³-hybridized carbons (Fsp3) is 0.538. The Morgan fingerprint density at radius 2 is 2.44 bits per heavy atom. The van der Waals surface area contributed by atoms with Crippen LogP contribution in [0.4, 0.5) is 0 Å². The van der Waals surface area contributed by atoms with Gasteiger partial charge in [0.15, 0.2) is 5.70 Å². The second-order valence-electron chi connectivity index (χ2n) is 5.09. The van der Waals surface area contributed by atoms with E-state index in [0.717, 1.165) is 37.3 Å². The number of hydrogen-bond donors (Lipinski definition) is 1. The summed E-state index contributed by atoms with van der Waals surface area (Å²) in [4.78, 5) is 17.8. The van der Waals surface area contributed by atoms with Gasteiger partial charge in [-0.2, -0.15) is 0 Å². The molecule has 1 N–H and O–H groups in total. The molecule has 1 unspecified atom stereocenters. The molecule has 5 heteroatoms. The quantitative estimate of drug-likeness (QED) is 0.884. The molecule has 3 rings (SSSR count). The fourth-order valence-electron chi connectivity index (χ4n) is 3.10. The zero-order valence-corrected chi connectivity index (χ0v) is 10.5. The molecule has 96 valence electrons. The van der Waals surface area contributed by atoms with E-state index >= 15 is 0 Å². The van der Waals surface area contributed by atoms with Gasteiger partial charge in [-0.15, -0.1) is 0 Å². The van der Waals surface area contributed by atoms with Crippen molar-refractivity contribution in [3.8, 4) is 0 Å². The molecule has 1 aromatic heterocycles. The van der Waals surface area contributed by atoms with Crippen molar-refractivity contribution in [2.45, 2.75) is 32.7 Å². The van der Waals surface area contributed by atoms with Gasteiger partial charge in [-0.05, 0) is 18.8 Å². The number of carbonyl (C=O) groups is 1. The van der Waals surface area contributed by atoms with Gasteiger partial charge >= 0.3 is 5.97 Å². The van der Waals surface area contributed by atoms with Gasteiger partial charge in [0.25, 0.3) is 0 Å². The molecular formula is C13H17N3O2. The van der Waals surface area contributed by atoms with E-state index in [1.54, 1.807) is 17.1 Å². The van der Waals surface area contributed by atoms with Crippen LogP contribution >= 0.6 is 0 Å². The third-order valence-electron chi connectivity index (χ3n) is 3.82. The van der Waals surface area contributed by atoms with Crippen molar-refractivity contribution >= 4 is 11.7 Å². The molecule has 0 spiro atoms. The lowest BCUT2D eigenvalue weighted by atomic mass is 10.0. The molecule has 1 aromatic rings. The Kier molecular flexibility index (Phi) is 2.61. The summed E-state index contributed by atoms with van der Waals surface area (Å²) in [5, 5.41) is 9.43. The number of aliphatic carboxylic acids is 1. The van der Waals surface area contributed by atoms with Gasteiger partial charge in [0.1, 0.15) is 0 Å². The molecule has 3 heterocycles. The molecule has 0 aromatic carbocycles. The molecule has 0 amide bonds. The monoisotopic (exact) mass is 247 g/mol. The Labute approximate surface area is 106 Å². The van der Waals surface area contributed by atoms with Crippen molar-refractivity contribution < 1.29 is 9.90 Å². The minimum Gasteiger partial charge on any atom is -0.477 e. The lowest BCUT2D eigenvalue weighted by Gasteiger charge is -2.27. The van der Waals surface area contributed by atoms with Crippen LogP contribution in [-0.4, -0.2) is 32.1 Å². The molecule has 1 atom stereocenters. The third-order valence-corrected chi connectivity index (χ3v) is 3.82. The smallest absolute Gasteiger partial charge is 0.354 e. The molecule has 1 fully saturated rings. The zero-order valence-electron chi connectivity index (χ0n) is 10.5. The number of hydrogen-bond acceptors (Lipinski definition) is 3. The van der Waals surface area contributed by atoms with Crippen LogP contribution in [0.5, 0.6) is 0 Å². The molecule has 18 heavy (non-hydrogen) atoms. The van der Waals surface area contributed by atoms with Gasteiger partial charge < -0.3 is 10.0 Å². The Morgan fingerprint density at radius 3 is 3.17 bits per heavy atom. The number of aromatic nitrogens is 2. The molecule has 1 saturated heterocycles. The highest BCUT2D eigenvalue weighted by atomic mass is 16.4. The zero-order chi connectivity index (χ0) is 12.7. The summed E-state index contributed by atoms with van der Waals surface area (Å²) in [6.07, 6.45) is 6.57. The SMILES string of the molecule is CCCC1CC2=C(C(=O)O)n3cncc3CN2C1. The normalized spacial score (nSPS) is 22.1. The lowest BCUT2D eigenvalue weighted by molar-refractivity contribution is -0.131. The molecule has 0 radical (unpaired) electrons. The van der Waals surface area contributed by atoms with Crippen LogP contribution in [0, 0.1) is 5.92 Å². The summed E-state index contributed by atoms with van der Waals surface area (Å²) < 4.78 is 1.72. The maximum Gasteiger partial charge on any atom is 0.354 e. The van der Waals surface area contributed by atoms with Gasteiger partial charge in [0.2, 0.25) is 0 Å². The average molecular weight is 247 g/mol. The van der Waals surface area contributed by atoms with E-state index in [2.05, 4.69) is 16.8 Å². The highest BCUT2D eigenvalue weighted by Crippen LogP contribution is 2.37. The maximum absolute atomic E-state index is 11.5. The molecular weight excluding hydrogens is 230 g/mol. The van der Waals surface area contributed by atoms with Gasteiger partial charge in [0.05, 0.1) is 24.8 Å². The van der Waals surface area contributed by atoms with Crippen molar-refractivity contribution in [3.63, 3.8) is 0 Å². The van der Waals surface area contributed by atoms with Gasteiger partial charge in [-0.3, -0.25) is 4.57 Å². The van der Waals surface area contributed by atoms with Gasteiger partial charge in [0, 0.05) is 12.2 Å². The van der Waals surface area contributed by atoms with Crippen molar-refractivity contribution in [3.05, 3.63) is 23.9 Å². The average Bonchev–Trinajstić information content (AvgIpc) is 2.90. The lowest BCUT2D eigenvalue weighted by Crippen LogP contribution is -2.29. The van der Waals surface area contributed by atoms with E-state index in [4.69, 9.17) is 0 Å². The highest BCUT2D eigenvalue weighted by Gasteiger charge is 2.35. The second kappa shape index (κ2) is 4.15. The number of nitrogens with zero attached hydrogens (tertiary/aromatic N) is 3. The summed E-state index contributed by atoms with van der Waals surface area (Å²) in [7, 11) is 0. The molecule has 0 aliphatic carbocycles. The van der Waals surface area contributed by atoms with E-state index in [9.17, 15) is 9.90 Å².